The highest BCUT2D eigenvalue weighted by Crippen LogP contribution is 2.30. The summed E-state index contributed by atoms with van der Waals surface area (Å²) in [6.45, 7) is 0. The zero-order valence-corrected chi connectivity index (χ0v) is 11.4. The van der Waals surface area contributed by atoms with Gasteiger partial charge in [0.25, 0.3) is 0 Å². The molecular formula is C11H6BrCl2NO2. The maximum Gasteiger partial charge on any atom is 0.352 e. The van der Waals surface area contributed by atoms with Crippen molar-refractivity contribution in [2.75, 3.05) is 0 Å². The van der Waals surface area contributed by atoms with E-state index in [1.807, 2.05) is 0 Å². The number of aromatic carboxylic acids is 1. The van der Waals surface area contributed by atoms with Crippen molar-refractivity contribution in [2.45, 2.75) is 0 Å². The third-order valence-electron chi connectivity index (χ3n) is 2.20. The minimum Gasteiger partial charge on any atom is -0.477 e. The van der Waals surface area contributed by atoms with Crippen LogP contribution in [0.5, 0.6) is 0 Å². The zero-order chi connectivity index (χ0) is 12.6. The Morgan fingerprint density at radius 1 is 1.35 bits per heavy atom. The smallest absolute Gasteiger partial charge is 0.352 e. The summed E-state index contributed by atoms with van der Waals surface area (Å²) in [5, 5.41) is 9.78. The quantitative estimate of drug-likeness (QED) is 0.892. The lowest BCUT2D eigenvalue weighted by Crippen LogP contribution is -2.06. The van der Waals surface area contributed by atoms with Gasteiger partial charge in [0.05, 0.1) is 15.7 Å². The van der Waals surface area contributed by atoms with Gasteiger partial charge >= 0.3 is 5.97 Å². The number of aromatic nitrogens is 1. The highest BCUT2D eigenvalue weighted by atomic mass is 79.9. The van der Waals surface area contributed by atoms with E-state index in [-0.39, 0.29) is 5.69 Å². The second-order valence-electron chi connectivity index (χ2n) is 3.29. The van der Waals surface area contributed by atoms with Crippen LogP contribution in [0.4, 0.5) is 0 Å². The molecule has 6 heteroatoms. The van der Waals surface area contributed by atoms with E-state index in [0.717, 1.165) is 0 Å². The molecule has 3 nitrogen and oxygen atoms in total. The molecule has 0 aliphatic rings. The molecule has 1 aromatic carbocycles. The molecule has 0 radical (unpaired) electrons. The van der Waals surface area contributed by atoms with E-state index in [1.54, 1.807) is 24.4 Å². The summed E-state index contributed by atoms with van der Waals surface area (Å²) in [5.41, 5.74) is 0.642. The molecule has 0 aliphatic heterocycles. The fraction of sp³-hybridized carbons (Fsp3) is 0. The normalized spacial score (nSPS) is 10.5. The summed E-state index contributed by atoms with van der Waals surface area (Å²) >= 11 is 15.2. The van der Waals surface area contributed by atoms with Gasteiger partial charge in [-0.25, -0.2) is 4.79 Å². The summed E-state index contributed by atoms with van der Waals surface area (Å²) in [6.07, 6.45) is 1.63. The maximum atomic E-state index is 11.1. The van der Waals surface area contributed by atoms with Crippen LogP contribution in [0.1, 0.15) is 10.5 Å². The number of carboxylic acids is 1. The Morgan fingerprint density at radius 2 is 2.06 bits per heavy atom. The van der Waals surface area contributed by atoms with Crippen molar-refractivity contribution in [3.8, 4) is 5.69 Å². The Bertz CT molecular complexity index is 595. The molecule has 0 saturated heterocycles. The predicted molar refractivity (Wildman–Crippen MR) is 70.4 cm³/mol. The first-order chi connectivity index (χ1) is 8.00. The molecule has 0 atom stereocenters. The second-order valence-corrected chi connectivity index (χ2v) is 4.99. The Kier molecular flexibility index (Phi) is 3.47. The van der Waals surface area contributed by atoms with Crippen LogP contribution in [0.15, 0.2) is 34.9 Å². The van der Waals surface area contributed by atoms with Gasteiger partial charge in [-0.2, -0.15) is 0 Å². The lowest BCUT2D eigenvalue weighted by Gasteiger charge is -2.09. The number of nitrogens with zero attached hydrogens (tertiary/aromatic N) is 1. The van der Waals surface area contributed by atoms with Crippen molar-refractivity contribution in [3.63, 3.8) is 0 Å². The lowest BCUT2D eigenvalue weighted by atomic mass is 10.3. The van der Waals surface area contributed by atoms with Crippen molar-refractivity contribution < 1.29 is 9.90 Å². The van der Waals surface area contributed by atoms with Gasteiger partial charge in [0.15, 0.2) is 0 Å². The molecule has 1 N–H and O–H groups in total. The summed E-state index contributed by atoms with van der Waals surface area (Å²) in [4.78, 5) is 11.1. The maximum absolute atomic E-state index is 11.1. The molecule has 0 spiro atoms. The Hall–Kier alpha value is -0.970. The average Bonchev–Trinajstić information content (AvgIpc) is 2.64. The molecule has 2 aromatic rings. The van der Waals surface area contributed by atoms with Gasteiger partial charge in [-0.05, 0) is 34.1 Å². The summed E-state index contributed by atoms with van der Waals surface area (Å²) in [5.74, 6) is -1.04. The number of hydrogen-bond donors (Lipinski definition) is 1. The Balaban J connectivity index is 2.68. The molecule has 1 aromatic heterocycles. The van der Waals surface area contributed by atoms with Crippen LogP contribution in [0.2, 0.25) is 10.0 Å². The first-order valence-corrected chi connectivity index (χ1v) is 6.11. The summed E-state index contributed by atoms with van der Waals surface area (Å²) in [6, 6.07) is 6.56. The molecule has 0 amide bonds. The monoisotopic (exact) mass is 333 g/mol. The SMILES string of the molecule is O=C(O)c1cc(Br)cn1-c1cccc(Cl)c1Cl. The van der Waals surface area contributed by atoms with Gasteiger partial charge in [0.2, 0.25) is 0 Å². The second kappa shape index (κ2) is 4.72. The molecule has 17 heavy (non-hydrogen) atoms. The van der Waals surface area contributed by atoms with Gasteiger partial charge in [-0.3, -0.25) is 0 Å². The van der Waals surface area contributed by atoms with E-state index in [4.69, 9.17) is 28.3 Å². The van der Waals surface area contributed by atoms with Crippen molar-refractivity contribution in [1.29, 1.82) is 0 Å². The Labute approximate surface area is 116 Å². The van der Waals surface area contributed by atoms with Crippen LogP contribution >= 0.6 is 39.1 Å². The molecule has 0 saturated carbocycles. The fourth-order valence-electron chi connectivity index (χ4n) is 1.47. The highest BCUT2D eigenvalue weighted by Gasteiger charge is 2.15. The van der Waals surface area contributed by atoms with Crippen molar-refractivity contribution >= 4 is 45.1 Å². The van der Waals surface area contributed by atoms with Gasteiger partial charge in [-0.15, -0.1) is 0 Å². The number of halogens is 3. The number of carbonyl (C=O) groups is 1. The molecule has 1 heterocycles. The van der Waals surface area contributed by atoms with Crippen LogP contribution in [-0.4, -0.2) is 15.6 Å². The van der Waals surface area contributed by atoms with Crippen molar-refractivity contribution in [1.82, 2.24) is 4.57 Å². The highest BCUT2D eigenvalue weighted by molar-refractivity contribution is 9.10. The van der Waals surface area contributed by atoms with Crippen molar-refractivity contribution in [2.24, 2.45) is 0 Å². The molecule has 2 rings (SSSR count). The lowest BCUT2D eigenvalue weighted by molar-refractivity contribution is 0.0688. The third kappa shape index (κ3) is 2.34. The first kappa shape index (κ1) is 12.5. The molecule has 0 fully saturated rings. The molecule has 0 aliphatic carbocycles. The number of benzene rings is 1. The molecule has 0 unspecified atom stereocenters. The number of carboxylic acid groups (broad SMARTS) is 1. The van der Waals surface area contributed by atoms with E-state index in [1.165, 1.54) is 10.6 Å². The predicted octanol–water partition coefficient (Wildman–Crippen LogP) is 4.24. The van der Waals surface area contributed by atoms with E-state index in [9.17, 15) is 4.79 Å². The van der Waals surface area contributed by atoms with Gasteiger partial charge in [0.1, 0.15) is 5.69 Å². The van der Waals surface area contributed by atoms with Gasteiger partial charge in [0, 0.05) is 10.7 Å². The minimum absolute atomic E-state index is 0.112. The van der Waals surface area contributed by atoms with Crippen molar-refractivity contribution in [3.05, 3.63) is 50.7 Å². The van der Waals surface area contributed by atoms with E-state index < -0.39 is 5.97 Å². The van der Waals surface area contributed by atoms with E-state index >= 15 is 0 Å². The van der Waals surface area contributed by atoms with Crippen LogP contribution in [-0.2, 0) is 0 Å². The van der Waals surface area contributed by atoms with Crippen LogP contribution in [0, 0.1) is 0 Å². The number of rotatable bonds is 2. The topological polar surface area (TPSA) is 42.2 Å². The minimum atomic E-state index is -1.04. The van der Waals surface area contributed by atoms with Gasteiger partial charge < -0.3 is 9.67 Å². The Morgan fingerprint density at radius 3 is 2.71 bits per heavy atom. The van der Waals surface area contributed by atoms with Crippen LogP contribution in [0.25, 0.3) is 5.69 Å². The molecule has 0 bridgehead atoms. The zero-order valence-electron chi connectivity index (χ0n) is 8.32. The van der Waals surface area contributed by atoms with E-state index in [0.29, 0.717) is 20.2 Å². The van der Waals surface area contributed by atoms with Crippen LogP contribution in [0.3, 0.4) is 0 Å². The van der Waals surface area contributed by atoms with Crippen LogP contribution < -0.4 is 0 Å². The summed E-state index contributed by atoms with van der Waals surface area (Å²) in [7, 11) is 0. The fourth-order valence-corrected chi connectivity index (χ4v) is 2.28. The average molecular weight is 335 g/mol. The summed E-state index contributed by atoms with van der Waals surface area (Å²) < 4.78 is 2.13. The largest absolute Gasteiger partial charge is 0.477 e. The molecule has 88 valence electrons. The standard InChI is InChI=1S/C11H6BrCl2NO2/c12-6-4-9(11(16)17)15(5-6)8-3-1-2-7(13)10(8)14/h1-5H,(H,16,17). The van der Waals surface area contributed by atoms with Gasteiger partial charge in [-0.1, -0.05) is 29.3 Å². The van der Waals surface area contributed by atoms with E-state index in [2.05, 4.69) is 15.9 Å². The number of hydrogen-bond acceptors (Lipinski definition) is 1. The molecular weight excluding hydrogens is 329 g/mol. The first-order valence-electron chi connectivity index (χ1n) is 4.56. The third-order valence-corrected chi connectivity index (χ3v) is 3.44.